The lowest BCUT2D eigenvalue weighted by atomic mass is 10.1. The number of carbonyl (C=O) groups excluding carboxylic acids is 1. The van der Waals surface area contributed by atoms with Crippen molar-refractivity contribution in [1.82, 2.24) is 9.88 Å². The quantitative estimate of drug-likeness (QED) is 0.804. The Hall–Kier alpha value is -2.77. The molecule has 0 aliphatic carbocycles. The Balaban J connectivity index is 1.47. The maximum Gasteiger partial charge on any atom is 0.417 e. The molecule has 0 saturated carbocycles. The van der Waals surface area contributed by atoms with Crippen LogP contribution in [0.2, 0.25) is 0 Å². The number of pyridine rings is 1. The maximum absolute atomic E-state index is 12.4. The largest absolute Gasteiger partial charge is 0.471 e. The molecule has 3 rings (SSSR count). The molecule has 8 heteroatoms. The molecule has 1 fully saturated rings. The van der Waals surface area contributed by atoms with Gasteiger partial charge in [-0.2, -0.15) is 13.2 Å². The normalized spacial score (nSPS) is 15.5. The average molecular weight is 338 g/mol. The summed E-state index contributed by atoms with van der Waals surface area (Å²) in [6.45, 7) is 0.702. The first-order valence-electron chi connectivity index (χ1n) is 7.12. The van der Waals surface area contributed by atoms with Crippen molar-refractivity contribution in [2.45, 2.75) is 12.3 Å². The summed E-state index contributed by atoms with van der Waals surface area (Å²) in [5, 5.41) is 0. The molecule has 24 heavy (non-hydrogen) atoms. The van der Waals surface area contributed by atoms with E-state index in [0.717, 1.165) is 12.3 Å². The number of nitrogens with zero attached hydrogens (tertiary/aromatic N) is 2. The Morgan fingerprint density at radius 3 is 2.71 bits per heavy atom. The highest BCUT2D eigenvalue weighted by molar-refractivity contribution is 5.92. The lowest BCUT2D eigenvalue weighted by molar-refractivity contribution is -0.138. The van der Waals surface area contributed by atoms with Crippen molar-refractivity contribution in [3.8, 4) is 5.88 Å². The average Bonchev–Trinajstić information content (AvgIpc) is 3.01. The van der Waals surface area contributed by atoms with E-state index in [1.54, 1.807) is 23.1 Å². The van der Waals surface area contributed by atoms with Gasteiger partial charge in [0, 0.05) is 18.3 Å². The first kappa shape index (κ1) is 16.1. The molecule has 5 nitrogen and oxygen atoms in total. The molecule has 0 unspecified atom stereocenters. The summed E-state index contributed by atoms with van der Waals surface area (Å²) >= 11 is 0. The zero-order chi connectivity index (χ0) is 17.2. The number of aromatic nitrogens is 1. The SMILES string of the molecule is O=C(/C=C/c1ccco1)N1CC(Oc2ccc(C(F)(F)F)cn2)C1. The van der Waals surface area contributed by atoms with Gasteiger partial charge in [0.05, 0.1) is 24.9 Å². The van der Waals surface area contributed by atoms with Gasteiger partial charge in [0.25, 0.3) is 0 Å². The van der Waals surface area contributed by atoms with Gasteiger partial charge in [-0.25, -0.2) is 4.98 Å². The van der Waals surface area contributed by atoms with E-state index in [-0.39, 0.29) is 17.9 Å². The Morgan fingerprint density at radius 1 is 1.33 bits per heavy atom. The van der Waals surface area contributed by atoms with Gasteiger partial charge >= 0.3 is 6.18 Å². The van der Waals surface area contributed by atoms with E-state index in [0.29, 0.717) is 18.8 Å². The van der Waals surface area contributed by atoms with Crippen molar-refractivity contribution in [2.24, 2.45) is 0 Å². The van der Waals surface area contributed by atoms with Crippen LogP contribution in [-0.2, 0) is 11.0 Å². The molecule has 0 spiro atoms. The third-order valence-electron chi connectivity index (χ3n) is 3.44. The summed E-state index contributed by atoms with van der Waals surface area (Å²) in [4.78, 5) is 17.1. The lowest BCUT2D eigenvalue weighted by Crippen LogP contribution is -2.55. The van der Waals surface area contributed by atoms with E-state index in [9.17, 15) is 18.0 Å². The molecule has 2 aromatic heterocycles. The molecule has 0 radical (unpaired) electrons. The number of likely N-dealkylation sites (tertiary alicyclic amines) is 1. The third kappa shape index (κ3) is 3.76. The summed E-state index contributed by atoms with van der Waals surface area (Å²) in [5.74, 6) is 0.489. The topological polar surface area (TPSA) is 55.6 Å². The van der Waals surface area contributed by atoms with Crippen LogP contribution in [0.4, 0.5) is 13.2 Å². The van der Waals surface area contributed by atoms with E-state index in [4.69, 9.17) is 9.15 Å². The van der Waals surface area contributed by atoms with Gasteiger partial charge in [-0.05, 0) is 24.3 Å². The molecule has 1 aliphatic rings. The minimum atomic E-state index is -4.43. The van der Waals surface area contributed by atoms with Crippen molar-refractivity contribution in [3.63, 3.8) is 0 Å². The molecular weight excluding hydrogens is 325 g/mol. The van der Waals surface area contributed by atoms with E-state index < -0.39 is 11.7 Å². The Bertz CT molecular complexity index is 718. The number of halogens is 3. The Labute approximate surface area is 135 Å². The van der Waals surface area contributed by atoms with Gasteiger partial charge < -0.3 is 14.1 Å². The van der Waals surface area contributed by atoms with Crippen LogP contribution in [0.25, 0.3) is 6.08 Å². The molecule has 1 saturated heterocycles. The van der Waals surface area contributed by atoms with Crippen molar-refractivity contribution >= 4 is 12.0 Å². The molecule has 126 valence electrons. The minimum absolute atomic E-state index is 0.103. The van der Waals surface area contributed by atoms with Gasteiger partial charge in [-0.15, -0.1) is 0 Å². The van der Waals surface area contributed by atoms with Gasteiger partial charge in [0.15, 0.2) is 0 Å². The van der Waals surface area contributed by atoms with Crippen LogP contribution in [0.3, 0.4) is 0 Å². The number of rotatable bonds is 4. The number of amides is 1. The fourth-order valence-electron chi connectivity index (χ4n) is 2.13. The molecule has 0 bridgehead atoms. The van der Waals surface area contributed by atoms with Gasteiger partial charge in [-0.1, -0.05) is 0 Å². The Morgan fingerprint density at radius 2 is 2.12 bits per heavy atom. The molecule has 1 aliphatic heterocycles. The van der Waals surface area contributed by atoms with Crippen LogP contribution >= 0.6 is 0 Å². The van der Waals surface area contributed by atoms with E-state index in [1.807, 2.05) is 0 Å². The minimum Gasteiger partial charge on any atom is -0.471 e. The maximum atomic E-state index is 12.4. The van der Waals surface area contributed by atoms with Crippen LogP contribution in [0.5, 0.6) is 5.88 Å². The molecule has 2 aromatic rings. The molecule has 0 aromatic carbocycles. The predicted octanol–water partition coefficient (Wildman–Crippen LogP) is 3.00. The van der Waals surface area contributed by atoms with Crippen LogP contribution in [0.15, 0.2) is 47.2 Å². The summed E-state index contributed by atoms with van der Waals surface area (Å²) in [6, 6.07) is 5.52. The zero-order valence-corrected chi connectivity index (χ0v) is 12.4. The highest BCUT2D eigenvalue weighted by Gasteiger charge is 2.33. The molecule has 0 atom stereocenters. The first-order chi connectivity index (χ1) is 11.4. The standard InChI is InChI=1S/C16H13F3N2O3/c17-16(18,19)11-3-5-14(20-8-11)24-13-9-21(10-13)15(22)6-4-12-2-1-7-23-12/h1-8,13H,9-10H2/b6-4+. The number of ether oxygens (including phenoxy) is 1. The third-order valence-corrected chi connectivity index (χ3v) is 3.44. The fraction of sp³-hybridized carbons (Fsp3) is 0.250. The first-order valence-corrected chi connectivity index (χ1v) is 7.12. The van der Waals surface area contributed by atoms with Gasteiger partial charge in [0.1, 0.15) is 11.9 Å². The van der Waals surface area contributed by atoms with Gasteiger partial charge in [-0.3, -0.25) is 4.79 Å². The molecule has 0 N–H and O–H groups in total. The van der Waals surface area contributed by atoms with Crippen LogP contribution in [0, 0.1) is 0 Å². The summed E-state index contributed by atoms with van der Waals surface area (Å²) in [7, 11) is 0. The summed E-state index contributed by atoms with van der Waals surface area (Å²) in [5.41, 5.74) is -0.830. The second-order valence-corrected chi connectivity index (χ2v) is 5.21. The van der Waals surface area contributed by atoms with E-state index in [2.05, 4.69) is 4.98 Å². The van der Waals surface area contributed by atoms with Crippen LogP contribution < -0.4 is 4.74 Å². The lowest BCUT2D eigenvalue weighted by Gasteiger charge is -2.38. The highest BCUT2D eigenvalue weighted by atomic mass is 19.4. The van der Waals surface area contributed by atoms with Crippen molar-refractivity contribution in [1.29, 1.82) is 0 Å². The number of hydrogen-bond donors (Lipinski definition) is 0. The van der Waals surface area contributed by atoms with E-state index in [1.165, 1.54) is 18.4 Å². The number of alkyl halides is 3. The smallest absolute Gasteiger partial charge is 0.417 e. The fourth-order valence-corrected chi connectivity index (χ4v) is 2.13. The Kier molecular flexibility index (Phi) is 4.28. The van der Waals surface area contributed by atoms with Crippen molar-refractivity contribution < 1.29 is 27.1 Å². The second-order valence-electron chi connectivity index (χ2n) is 5.21. The van der Waals surface area contributed by atoms with Crippen molar-refractivity contribution in [3.05, 3.63) is 54.1 Å². The van der Waals surface area contributed by atoms with Crippen LogP contribution in [-0.4, -0.2) is 35.0 Å². The van der Waals surface area contributed by atoms with Crippen molar-refractivity contribution in [2.75, 3.05) is 13.1 Å². The summed E-state index contributed by atoms with van der Waals surface area (Å²) in [6.07, 6.45) is 0.484. The van der Waals surface area contributed by atoms with Gasteiger partial charge in [0.2, 0.25) is 11.8 Å². The zero-order valence-electron chi connectivity index (χ0n) is 12.4. The van der Waals surface area contributed by atoms with E-state index >= 15 is 0 Å². The molecular formula is C16H13F3N2O3. The monoisotopic (exact) mass is 338 g/mol. The number of furan rings is 1. The second kappa shape index (κ2) is 6.38. The predicted molar refractivity (Wildman–Crippen MR) is 78.0 cm³/mol. The summed E-state index contributed by atoms with van der Waals surface area (Å²) < 4.78 is 47.8. The molecule has 3 heterocycles. The molecule has 1 amide bonds. The van der Waals surface area contributed by atoms with Crippen LogP contribution in [0.1, 0.15) is 11.3 Å². The number of hydrogen-bond acceptors (Lipinski definition) is 4. The number of carbonyl (C=O) groups is 1. The highest BCUT2D eigenvalue weighted by Crippen LogP contribution is 2.29.